The molecular formula is C81H150NO8+. The van der Waals surface area contributed by atoms with Gasteiger partial charge in [-0.3, -0.25) is 9.59 Å². The molecule has 0 heterocycles. The number of quaternary nitrogens is 1. The van der Waals surface area contributed by atoms with Crippen LogP contribution in [-0.4, -0.2) is 87.4 Å². The molecule has 0 spiro atoms. The average Bonchev–Trinajstić information content (AvgIpc) is 3.72. The largest absolute Gasteiger partial charge is 0.477 e. The van der Waals surface area contributed by atoms with Crippen molar-refractivity contribution < 1.29 is 42.9 Å². The van der Waals surface area contributed by atoms with Gasteiger partial charge in [-0.2, -0.15) is 0 Å². The summed E-state index contributed by atoms with van der Waals surface area (Å²) in [7, 11) is 5.99. The molecular weight excluding hydrogens is 1110 g/mol. The summed E-state index contributed by atoms with van der Waals surface area (Å²) in [6, 6.07) is 0. The van der Waals surface area contributed by atoms with Gasteiger partial charge in [-0.15, -0.1) is 0 Å². The molecule has 2 atom stereocenters. The number of unbranched alkanes of at least 4 members (excludes halogenated alkanes) is 48. The van der Waals surface area contributed by atoms with Crippen LogP contribution in [-0.2, 0) is 33.3 Å². The number of carboxylic acid groups (broad SMARTS) is 1. The maximum absolute atomic E-state index is 13.0. The third-order valence-electron chi connectivity index (χ3n) is 17.5. The second kappa shape index (κ2) is 71.8. The Morgan fingerprint density at radius 3 is 0.944 bits per heavy atom. The summed E-state index contributed by atoms with van der Waals surface area (Å²) < 4.78 is 23.1. The molecule has 0 rings (SSSR count). The van der Waals surface area contributed by atoms with E-state index in [2.05, 4.69) is 74.6 Å². The molecule has 0 saturated carbocycles. The molecule has 0 aliphatic rings. The second-order valence-electron chi connectivity index (χ2n) is 27.7. The molecule has 90 heavy (non-hydrogen) atoms. The van der Waals surface area contributed by atoms with Gasteiger partial charge in [0.15, 0.2) is 6.10 Å². The van der Waals surface area contributed by atoms with E-state index in [0.29, 0.717) is 17.4 Å². The number of rotatable bonds is 73. The fourth-order valence-electron chi connectivity index (χ4n) is 11.6. The van der Waals surface area contributed by atoms with Crippen molar-refractivity contribution in [1.82, 2.24) is 0 Å². The molecule has 2 unspecified atom stereocenters. The zero-order chi connectivity index (χ0) is 65.4. The molecule has 0 aromatic carbocycles. The van der Waals surface area contributed by atoms with E-state index in [1.165, 1.54) is 283 Å². The Morgan fingerprint density at radius 1 is 0.344 bits per heavy atom. The zero-order valence-corrected chi connectivity index (χ0v) is 60.3. The van der Waals surface area contributed by atoms with Crippen molar-refractivity contribution in [3.8, 4) is 0 Å². The molecule has 0 amide bonds. The van der Waals surface area contributed by atoms with Crippen LogP contribution in [0.15, 0.2) is 60.8 Å². The summed E-state index contributed by atoms with van der Waals surface area (Å²) in [6.07, 6.45) is 92.3. The lowest BCUT2D eigenvalue weighted by Crippen LogP contribution is -2.40. The van der Waals surface area contributed by atoms with Crippen molar-refractivity contribution in [2.45, 2.75) is 392 Å². The molecule has 1 N–H and O–H groups in total. The van der Waals surface area contributed by atoms with E-state index in [4.69, 9.17) is 18.9 Å². The van der Waals surface area contributed by atoms with Crippen LogP contribution in [0.3, 0.4) is 0 Å². The number of carboxylic acids is 1. The number of aliphatic carboxylic acids is 1. The third-order valence-corrected chi connectivity index (χ3v) is 17.5. The molecule has 9 nitrogen and oxygen atoms in total. The van der Waals surface area contributed by atoms with Gasteiger partial charge in [0, 0.05) is 12.8 Å². The molecule has 0 aromatic heterocycles. The van der Waals surface area contributed by atoms with Crippen LogP contribution in [0.4, 0.5) is 0 Å². The van der Waals surface area contributed by atoms with Gasteiger partial charge in [0.05, 0.1) is 34.4 Å². The minimum absolute atomic E-state index is 0.177. The minimum atomic E-state index is -1.51. The second-order valence-corrected chi connectivity index (χ2v) is 27.7. The maximum Gasteiger partial charge on any atom is 0.361 e. The highest BCUT2D eigenvalue weighted by Crippen LogP contribution is 2.20. The van der Waals surface area contributed by atoms with Crippen molar-refractivity contribution in [2.24, 2.45) is 0 Å². The molecule has 0 radical (unpaired) electrons. The van der Waals surface area contributed by atoms with Crippen LogP contribution in [0.25, 0.3) is 0 Å². The Hall–Kier alpha value is -3.01. The van der Waals surface area contributed by atoms with Gasteiger partial charge in [-0.25, -0.2) is 4.79 Å². The Morgan fingerprint density at radius 2 is 0.633 bits per heavy atom. The first-order valence-corrected chi connectivity index (χ1v) is 39.0. The topological polar surface area (TPSA) is 108 Å². The smallest absolute Gasteiger partial charge is 0.361 e. The predicted octanol–water partition coefficient (Wildman–Crippen LogP) is 24.6. The number of likely N-dealkylation sites (N-methyl/N-ethyl adjacent to an activating group) is 1. The number of carbonyl (C=O) groups is 3. The van der Waals surface area contributed by atoms with Crippen molar-refractivity contribution in [2.75, 3.05) is 47.5 Å². The summed E-state index contributed by atoms with van der Waals surface area (Å²) in [4.78, 5) is 37.7. The van der Waals surface area contributed by atoms with Crippen molar-refractivity contribution in [3.63, 3.8) is 0 Å². The SMILES string of the molecule is CC/C=C\C/C=C\C/C=C\C/C=C\C/C=C\CCCCCCCCCCCCCCCCCCCC(=O)OC(COC(=O)CCCCCCCCCCCCCCCCCCCCCCCCCCCCCCCCCC)COC(OCC[N+](C)(C)C)C(=O)O. The number of hydrogen-bond acceptors (Lipinski definition) is 7. The predicted molar refractivity (Wildman–Crippen MR) is 387 cm³/mol. The first-order chi connectivity index (χ1) is 44.1. The Bertz CT molecular complexity index is 1660. The monoisotopic (exact) mass is 1270 g/mol. The quantitative estimate of drug-likeness (QED) is 0.0211. The van der Waals surface area contributed by atoms with Gasteiger partial charge >= 0.3 is 17.9 Å². The van der Waals surface area contributed by atoms with E-state index in [1.807, 2.05) is 21.1 Å². The van der Waals surface area contributed by atoms with E-state index in [1.54, 1.807) is 0 Å². The van der Waals surface area contributed by atoms with E-state index < -0.39 is 18.4 Å². The van der Waals surface area contributed by atoms with Crippen LogP contribution in [0.5, 0.6) is 0 Å². The van der Waals surface area contributed by atoms with E-state index in [9.17, 15) is 19.5 Å². The fourth-order valence-corrected chi connectivity index (χ4v) is 11.6. The first-order valence-electron chi connectivity index (χ1n) is 39.0. The van der Waals surface area contributed by atoms with E-state index in [-0.39, 0.29) is 38.2 Å². The third kappa shape index (κ3) is 72.4. The number of ether oxygens (including phenoxy) is 4. The molecule has 9 heteroatoms. The van der Waals surface area contributed by atoms with Crippen molar-refractivity contribution in [1.29, 1.82) is 0 Å². The van der Waals surface area contributed by atoms with Crippen molar-refractivity contribution >= 4 is 17.9 Å². The normalized spacial score (nSPS) is 12.9. The molecule has 0 fully saturated rings. The van der Waals surface area contributed by atoms with Gasteiger partial charge < -0.3 is 28.5 Å². The standard InChI is InChI=1S/C81H149NO8/c1-6-8-10-12-14-16-18-20-22-24-26-28-30-32-34-36-38-40-42-44-46-48-50-52-54-56-58-60-62-64-66-68-70-72-79(84)90-77(76-89-81(80(85)86)87-74-73-82(3,4)5)75-88-78(83)71-69-67-65-63-61-59-57-55-53-51-49-47-45-43-41-39-37-35-33-31-29-27-25-23-21-19-17-15-13-11-9-7-2/h8,10,14,16,20,22,26,28,32,34,77,81H,6-7,9,11-13,15,17-19,21,23-25,27,29-31,33,35-76H2,1-5H3/p+1/b10-8-,16-14-,22-20-,28-26-,34-32-. The zero-order valence-electron chi connectivity index (χ0n) is 60.3. The summed E-state index contributed by atoms with van der Waals surface area (Å²) in [5, 5.41) is 9.77. The van der Waals surface area contributed by atoms with Crippen LogP contribution >= 0.6 is 0 Å². The highest BCUT2D eigenvalue weighted by Gasteiger charge is 2.25. The molecule has 0 saturated heterocycles. The number of carbonyl (C=O) groups excluding carboxylic acids is 2. The Balaban J connectivity index is 4.00. The lowest BCUT2D eigenvalue weighted by atomic mass is 10.0. The number of esters is 2. The van der Waals surface area contributed by atoms with Crippen LogP contribution < -0.4 is 0 Å². The van der Waals surface area contributed by atoms with Gasteiger partial charge in [-0.05, 0) is 57.8 Å². The van der Waals surface area contributed by atoms with Crippen LogP contribution in [0.2, 0.25) is 0 Å². The molecule has 0 aromatic rings. The number of hydrogen-bond donors (Lipinski definition) is 1. The summed E-state index contributed by atoms with van der Waals surface area (Å²) >= 11 is 0. The van der Waals surface area contributed by atoms with Crippen LogP contribution in [0, 0.1) is 0 Å². The Kier molecular flexibility index (Phi) is 69.4. The minimum Gasteiger partial charge on any atom is -0.477 e. The van der Waals surface area contributed by atoms with Gasteiger partial charge in [0.2, 0.25) is 0 Å². The molecule has 0 bridgehead atoms. The molecule has 0 aliphatic carbocycles. The highest BCUT2D eigenvalue weighted by atomic mass is 16.7. The highest BCUT2D eigenvalue weighted by molar-refractivity contribution is 5.71. The molecule has 0 aliphatic heterocycles. The lowest BCUT2D eigenvalue weighted by Gasteiger charge is -2.25. The van der Waals surface area contributed by atoms with Gasteiger partial charge in [0.1, 0.15) is 13.2 Å². The summed E-state index contributed by atoms with van der Waals surface area (Å²) in [5.74, 6) is -1.98. The van der Waals surface area contributed by atoms with Gasteiger partial charge in [0.25, 0.3) is 6.29 Å². The Labute approximate surface area is 558 Å². The van der Waals surface area contributed by atoms with Crippen LogP contribution in [0.1, 0.15) is 380 Å². The molecule has 526 valence electrons. The lowest BCUT2D eigenvalue weighted by molar-refractivity contribution is -0.870. The average molecular weight is 1270 g/mol. The number of allylic oxidation sites excluding steroid dienone is 10. The van der Waals surface area contributed by atoms with E-state index in [0.717, 1.165) is 70.6 Å². The van der Waals surface area contributed by atoms with Gasteiger partial charge in [-0.1, -0.05) is 370 Å². The summed E-state index contributed by atoms with van der Waals surface area (Å²) in [6.45, 7) is 4.83. The summed E-state index contributed by atoms with van der Waals surface area (Å²) in [5.41, 5.74) is 0. The first kappa shape index (κ1) is 87.0. The fraction of sp³-hybridized carbons (Fsp3) is 0.840. The van der Waals surface area contributed by atoms with E-state index >= 15 is 0 Å². The van der Waals surface area contributed by atoms with Crippen molar-refractivity contribution in [3.05, 3.63) is 60.8 Å². The maximum atomic E-state index is 13.0. The number of nitrogens with zero attached hydrogens (tertiary/aromatic N) is 1.